The van der Waals surface area contributed by atoms with E-state index in [0.717, 1.165) is 29.1 Å². The number of allylic oxidation sites excluding steroid dienone is 11. The maximum absolute atomic E-state index is 12.3. The van der Waals surface area contributed by atoms with Gasteiger partial charge in [-0.2, -0.15) is 0 Å². The number of carbonyl (C=O) groups is 1. The molecule has 4 aliphatic carbocycles. The average Bonchev–Trinajstić information content (AvgIpc) is 3.24. The van der Waals surface area contributed by atoms with Crippen LogP contribution in [-0.2, 0) is 4.79 Å². The van der Waals surface area contributed by atoms with Crippen LogP contribution >= 0.6 is 23.5 Å². The lowest BCUT2D eigenvalue weighted by Crippen LogP contribution is -2.25. The molecule has 0 radical (unpaired) electrons. The van der Waals surface area contributed by atoms with Crippen LogP contribution in [0, 0.1) is 11.3 Å². The molecule has 1 fully saturated rings. The second kappa shape index (κ2) is 4.81. The Balaban J connectivity index is 1.74. The number of hydrogen-bond acceptors (Lipinski definition) is 3. The van der Waals surface area contributed by atoms with Crippen LogP contribution in [0.5, 0.6) is 0 Å². The summed E-state index contributed by atoms with van der Waals surface area (Å²) in [6, 6.07) is 0. The fourth-order valence-electron chi connectivity index (χ4n) is 4.49. The predicted octanol–water partition coefficient (Wildman–Crippen LogP) is 4.11. The van der Waals surface area contributed by atoms with E-state index in [2.05, 4.69) is 42.5 Å². The number of thioether (sulfide) groups is 2. The molecule has 1 N–H and O–H groups in total. The van der Waals surface area contributed by atoms with Crippen molar-refractivity contribution in [1.29, 1.82) is 0 Å². The van der Waals surface area contributed by atoms with E-state index in [0.29, 0.717) is 10.2 Å². The molecule has 2 nitrogen and oxygen atoms in total. The molecule has 5 rings (SSSR count). The summed E-state index contributed by atoms with van der Waals surface area (Å²) in [4.78, 5) is 12.3. The number of rotatable bonds is 2. The molecular formula is C19H16O2S2. The molecule has 1 heterocycles. The molecule has 0 aromatic rings. The first-order valence-corrected chi connectivity index (χ1v) is 10.0. The minimum atomic E-state index is -0.754. The first-order chi connectivity index (χ1) is 11.2. The highest BCUT2D eigenvalue weighted by atomic mass is 32.2. The SMILES string of the molecule is O=C(O)C1=C2C(=CC=CC2C2SCCS2)C2=CC=C3C=CC21C3. The van der Waals surface area contributed by atoms with Crippen molar-refractivity contribution >= 4 is 29.5 Å². The van der Waals surface area contributed by atoms with Crippen molar-refractivity contribution in [2.75, 3.05) is 11.5 Å². The Morgan fingerprint density at radius 2 is 2.04 bits per heavy atom. The molecule has 5 aliphatic rings. The topological polar surface area (TPSA) is 37.3 Å². The number of hydrogen-bond donors (Lipinski definition) is 1. The Morgan fingerprint density at radius 3 is 2.83 bits per heavy atom. The minimum absolute atomic E-state index is 0.205. The van der Waals surface area contributed by atoms with Crippen LogP contribution < -0.4 is 0 Å². The highest BCUT2D eigenvalue weighted by molar-refractivity contribution is 8.20. The van der Waals surface area contributed by atoms with E-state index < -0.39 is 11.4 Å². The highest BCUT2D eigenvalue weighted by Crippen LogP contribution is 2.62. The van der Waals surface area contributed by atoms with Crippen molar-refractivity contribution < 1.29 is 9.90 Å². The van der Waals surface area contributed by atoms with Gasteiger partial charge in [-0.25, -0.2) is 4.79 Å². The van der Waals surface area contributed by atoms with Gasteiger partial charge in [-0.3, -0.25) is 0 Å². The third-order valence-corrected chi connectivity index (χ3v) is 8.57. The zero-order chi connectivity index (χ0) is 15.6. The number of carboxylic acid groups (broad SMARTS) is 1. The first-order valence-electron chi connectivity index (χ1n) is 7.92. The van der Waals surface area contributed by atoms with Crippen LogP contribution in [0.1, 0.15) is 6.42 Å². The van der Waals surface area contributed by atoms with Crippen LogP contribution in [0.15, 0.2) is 70.4 Å². The third-order valence-electron chi connectivity index (χ3n) is 5.37. The fourth-order valence-corrected chi connectivity index (χ4v) is 7.56. The normalized spacial score (nSPS) is 34.3. The second-order valence-electron chi connectivity index (χ2n) is 6.50. The quantitative estimate of drug-likeness (QED) is 0.821. The average molecular weight is 340 g/mol. The zero-order valence-corrected chi connectivity index (χ0v) is 14.1. The smallest absolute Gasteiger partial charge is 0.333 e. The summed E-state index contributed by atoms with van der Waals surface area (Å²) in [5.74, 6) is 1.77. The molecule has 116 valence electrons. The van der Waals surface area contributed by atoms with Crippen molar-refractivity contribution in [2.45, 2.75) is 11.0 Å². The van der Waals surface area contributed by atoms with Crippen LogP contribution in [0.25, 0.3) is 0 Å². The lowest BCUT2D eigenvalue weighted by Gasteiger charge is -2.28. The Hall–Kier alpha value is -1.39. The summed E-state index contributed by atoms with van der Waals surface area (Å²) in [7, 11) is 0. The van der Waals surface area contributed by atoms with Gasteiger partial charge in [0.05, 0.1) is 15.6 Å². The van der Waals surface area contributed by atoms with Crippen LogP contribution in [0.3, 0.4) is 0 Å². The van der Waals surface area contributed by atoms with Gasteiger partial charge in [-0.1, -0.05) is 42.5 Å². The monoisotopic (exact) mass is 340 g/mol. The molecule has 0 aromatic carbocycles. The van der Waals surface area contributed by atoms with Gasteiger partial charge in [0.2, 0.25) is 0 Å². The van der Waals surface area contributed by atoms with Crippen molar-refractivity contribution in [3.63, 3.8) is 0 Å². The Morgan fingerprint density at radius 1 is 1.22 bits per heavy atom. The van der Waals surface area contributed by atoms with Crippen molar-refractivity contribution in [3.05, 3.63) is 70.4 Å². The van der Waals surface area contributed by atoms with Gasteiger partial charge in [0.15, 0.2) is 0 Å². The van der Waals surface area contributed by atoms with Gasteiger partial charge in [0.25, 0.3) is 0 Å². The van der Waals surface area contributed by atoms with Crippen LogP contribution in [0.4, 0.5) is 0 Å². The Bertz CT molecular complexity index is 803. The molecule has 1 saturated heterocycles. The van der Waals surface area contributed by atoms with Crippen molar-refractivity contribution in [2.24, 2.45) is 11.3 Å². The largest absolute Gasteiger partial charge is 0.478 e. The van der Waals surface area contributed by atoms with Gasteiger partial charge in [-0.05, 0) is 28.7 Å². The molecule has 2 atom stereocenters. The summed E-state index contributed by atoms with van der Waals surface area (Å²) in [6.45, 7) is 0. The van der Waals surface area contributed by atoms with Gasteiger partial charge in [-0.15, -0.1) is 23.5 Å². The first kappa shape index (κ1) is 14.0. The van der Waals surface area contributed by atoms with Crippen LogP contribution in [-0.4, -0.2) is 27.2 Å². The third kappa shape index (κ3) is 1.76. The summed E-state index contributed by atoms with van der Waals surface area (Å²) in [5, 5.41) is 10.1. The minimum Gasteiger partial charge on any atom is -0.478 e. The molecule has 1 spiro atoms. The van der Waals surface area contributed by atoms with E-state index in [4.69, 9.17) is 0 Å². The molecule has 2 bridgehead atoms. The van der Waals surface area contributed by atoms with E-state index >= 15 is 0 Å². The molecule has 23 heavy (non-hydrogen) atoms. The van der Waals surface area contributed by atoms with Gasteiger partial charge in [0.1, 0.15) is 0 Å². The van der Waals surface area contributed by atoms with E-state index in [1.54, 1.807) is 0 Å². The zero-order valence-electron chi connectivity index (χ0n) is 12.5. The molecular weight excluding hydrogens is 324 g/mol. The van der Waals surface area contributed by atoms with E-state index in [-0.39, 0.29) is 5.92 Å². The molecule has 2 unspecified atom stereocenters. The summed E-state index contributed by atoms with van der Waals surface area (Å²) >= 11 is 3.94. The number of carboxylic acids is 1. The molecule has 1 aliphatic heterocycles. The lowest BCUT2D eigenvalue weighted by molar-refractivity contribution is -0.133. The van der Waals surface area contributed by atoms with E-state index in [1.807, 2.05) is 23.5 Å². The summed E-state index contributed by atoms with van der Waals surface area (Å²) < 4.78 is 0.439. The molecule has 0 aromatic heterocycles. The second-order valence-corrected chi connectivity index (χ2v) is 9.30. The molecule has 4 heteroatoms. The lowest BCUT2D eigenvalue weighted by atomic mass is 9.73. The Labute approximate surface area is 143 Å². The van der Waals surface area contributed by atoms with Gasteiger partial charge >= 0.3 is 5.97 Å². The molecule has 0 amide bonds. The maximum atomic E-state index is 12.3. The van der Waals surface area contributed by atoms with Crippen molar-refractivity contribution in [1.82, 2.24) is 0 Å². The van der Waals surface area contributed by atoms with Gasteiger partial charge in [0, 0.05) is 17.4 Å². The van der Waals surface area contributed by atoms with E-state index in [1.165, 1.54) is 11.1 Å². The van der Waals surface area contributed by atoms with Gasteiger partial charge < -0.3 is 5.11 Å². The number of fused-ring (bicyclic) bond motifs is 3. The van der Waals surface area contributed by atoms with E-state index in [9.17, 15) is 9.90 Å². The van der Waals surface area contributed by atoms with Crippen LogP contribution in [0.2, 0.25) is 0 Å². The highest BCUT2D eigenvalue weighted by Gasteiger charge is 2.53. The molecule has 0 saturated carbocycles. The fraction of sp³-hybridized carbons (Fsp3) is 0.316. The standard InChI is InChI=1S/C19H16O2S2/c20-17(21)16-15-12(2-1-3-13(15)18-22-8-9-23-18)14-5-4-11-6-7-19(14,16)10-11/h1-7,13,18H,8-10H2,(H,20,21). The number of aliphatic carboxylic acids is 1. The van der Waals surface area contributed by atoms with Crippen molar-refractivity contribution in [3.8, 4) is 0 Å². The summed E-state index contributed by atoms with van der Waals surface area (Å²) in [6.07, 6.45) is 15.8. The predicted molar refractivity (Wildman–Crippen MR) is 96.4 cm³/mol. The summed E-state index contributed by atoms with van der Waals surface area (Å²) in [5.41, 5.74) is 4.85. The maximum Gasteiger partial charge on any atom is 0.333 e. The Kier molecular flexibility index (Phi) is 2.92.